The molecule has 5 nitrogen and oxygen atoms in total. The first-order valence-corrected chi connectivity index (χ1v) is 9.35. The minimum atomic E-state index is -0.534. The number of nitrogens with one attached hydrogen (secondary N) is 1. The molecule has 0 saturated carbocycles. The van der Waals surface area contributed by atoms with Crippen LogP contribution in [0.5, 0.6) is 11.5 Å². The van der Waals surface area contributed by atoms with Gasteiger partial charge < -0.3 is 14.8 Å². The van der Waals surface area contributed by atoms with E-state index in [0.717, 1.165) is 16.7 Å². The van der Waals surface area contributed by atoms with Crippen molar-refractivity contribution in [2.75, 3.05) is 6.61 Å². The summed E-state index contributed by atoms with van der Waals surface area (Å²) in [6.45, 7) is 4.13. The van der Waals surface area contributed by atoms with Gasteiger partial charge in [-0.3, -0.25) is 4.79 Å². The predicted molar refractivity (Wildman–Crippen MR) is 111 cm³/mol. The molecular formula is C24H23NO4. The summed E-state index contributed by atoms with van der Waals surface area (Å²) in [5.41, 5.74) is 3.50. The molecular weight excluding hydrogens is 366 g/mol. The Kier molecular flexibility index (Phi) is 6.63. The zero-order chi connectivity index (χ0) is 20.6. The van der Waals surface area contributed by atoms with Crippen LogP contribution < -0.4 is 14.8 Å². The first kappa shape index (κ1) is 20.1. The molecule has 0 fully saturated rings. The van der Waals surface area contributed by atoms with E-state index in [2.05, 4.69) is 5.32 Å². The maximum absolute atomic E-state index is 12.4. The lowest BCUT2D eigenvalue weighted by molar-refractivity contribution is -0.136. The molecule has 0 unspecified atom stereocenters. The van der Waals surface area contributed by atoms with Gasteiger partial charge in [0.15, 0.2) is 6.61 Å². The third-order valence-corrected chi connectivity index (χ3v) is 4.52. The van der Waals surface area contributed by atoms with Gasteiger partial charge in [0, 0.05) is 12.1 Å². The smallest absolute Gasteiger partial charge is 0.349 e. The van der Waals surface area contributed by atoms with E-state index in [1.807, 2.05) is 62.4 Å². The summed E-state index contributed by atoms with van der Waals surface area (Å²) in [6, 6.07) is 21.8. The predicted octanol–water partition coefficient (Wildman–Crippen LogP) is 4.22. The molecule has 5 heteroatoms. The fraction of sp³-hybridized carbons (Fsp3) is 0.167. The summed E-state index contributed by atoms with van der Waals surface area (Å²) in [5, 5.41) is 2.85. The van der Waals surface area contributed by atoms with Crippen molar-refractivity contribution in [2.45, 2.75) is 20.4 Å². The Morgan fingerprint density at radius 3 is 2.45 bits per heavy atom. The molecule has 0 radical (unpaired) electrons. The normalized spacial score (nSPS) is 10.3. The fourth-order valence-electron chi connectivity index (χ4n) is 2.76. The zero-order valence-corrected chi connectivity index (χ0v) is 16.5. The highest BCUT2D eigenvalue weighted by Gasteiger charge is 2.11. The van der Waals surface area contributed by atoms with E-state index in [1.54, 1.807) is 18.2 Å². The molecule has 0 spiro atoms. The number of hydrogen-bond donors (Lipinski definition) is 1. The molecule has 3 rings (SSSR count). The largest absolute Gasteiger partial charge is 0.482 e. The van der Waals surface area contributed by atoms with Gasteiger partial charge in [0.2, 0.25) is 0 Å². The molecule has 0 heterocycles. The molecule has 148 valence electrons. The van der Waals surface area contributed by atoms with Crippen molar-refractivity contribution < 1.29 is 19.1 Å². The van der Waals surface area contributed by atoms with Crippen LogP contribution in [0.3, 0.4) is 0 Å². The first-order valence-electron chi connectivity index (χ1n) is 9.35. The average Bonchev–Trinajstić information content (AvgIpc) is 2.74. The molecule has 3 aromatic rings. The highest BCUT2D eigenvalue weighted by Crippen LogP contribution is 2.20. The van der Waals surface area contributed by atoms with Gasteiger partial charge >= 0.3 is 5.97 Å². The Labute approximate surface area is 170 Å². The minimum absolute atomic E-state index is 0.214. The lowest BCUT2D eigenvalue weighted by atomic mass is 10.1. The standard InChI is InChI=1S/C24H23NO4/c1-17-8-6-13-22(18(17)2)28-16-23(26)29-21-12-7-11-20(14-21)24(27)25-15-19-9-4-3-5-10-19/h3-14H,15-16H2,1-2H3,(H,25,27). The number of carbonyl (C=O) groups is 2. The summed E-state index contributed by atoms with van der Waals surface area (Å²) in [4.78, 5) is 24.5. The van der Waals surface area contributed by atoms with Crippen molar-refractivity contribution in [3.63, 3.8) is 0 Å². The van der Waals surface area contributed by atoms with Gasteiger partial charge in [0.1, 0.15) is 11.5 Å². The highest BCUT2D eigenvalue weighted by atomic mass is 16.6. The lowest BCUT2D eigenvalue weighted by Gasteiger charge is -2.11. The summed E-state index contributed by atoms with van der Waals surface area (Å²) in [5.74, 6) is 0.175. The van der Waals surface area contributed by atoms with Crippen LogP contribution in [0.1, 0.15) is 27.0 Å². The van der Waals surface area contributed by atoms with Crippen molar-refractivity contribution >= 4 is 11.9 Å². The Bertz CT molecular complexity index is 999. The van der Waals surface area contributed by atoms with Crippen LogP contribution in [0.4, 0.5) is 0 Å². The minimum Gasteiger partial charge on any atom is -0.482 e. The van der Waals surface area contributed by atoms with Crippen LogP contribution in [0, 0.1) is 13.8 Å². The molecule has 0 atom stereocenters. The number of amides is 1. The van der Waals surface area contributed by atoms with Crippen molar-refractivity contribution in [3.05, 3.63) is 95.1 Å². The van der Waals surface area contributed by atoms with Gasteiger partial charge in [-0.25, -0.2) is 4.79 Å². The summed E-state index contributed by atoms with van der Waals surface area (Å²) in [6.07, 6.45) is 0. The molecule has 1 amide bonds. The van der Waals surface area contributed by atoms with Gasteiger partial charge in [0.25, 0.3) is 5.91 Å². The van der Waals surface area contributed by atoms with E-state index in [1.165, 1.54) is 6.07 Å². The number of ether oxygens (including phenoxy) is 2. The van der Waals surface area contributed by atoms with Crippen LogP contribution in [-0.2, 0) is 11.3 Å². The van der Waals surface area contributed by atoms with E-state index in [0.29, 0.717) is 23.6 Å². The van der Waals surface area contributed by atoms with E-state index in [4.69, 9.17) is 9.47 Å². The Morgan fingerprint density at radius 1 is 0.897 bits per heavy atom. The maximum atomic E-state index is 12.4. The van der Waals surface area contributed by atoms with E-state index >= 15 is 0 Å². The van der Waals surface area contributed by atoms with Crippen LogP contribution in [0.15, 0.2) is 72.8 Å². The second-order valence-electron chi connectivity index (χ2n) is 6.66. The Hall–Kier alpha value is -3.60. The molecule has 0 bridgehead atoms. The molecule has 3 aromatic carbocycles. The van der Waals surface area contributed by atoms with Gasteiger partial charge in [0.05, 0.1) is 0 Å². The van der Waals surface area contributed by atoms with Crippen LogP contribution in [0.2, 0.25) is 0 Å². The van der Waals surface area contributed by atoms with Crippen LogP contribution in [-0.4, -0.2) is 18.5 Å². The van der Waals surface area contributed by atoms with Gasteiger partial charge in [-0.15, -0.1) is 0 Å². The van der Waals surface area contributed by atoms with Crippen molar-refractivity contribution in [2.24, 2.45) is 0 Å². The number of hydrogen-bond acceptors (Lipinski definition) is 4. The average molecular weight is 389 g/mol. The lowest BCUT2D eigenvalue weighted by Crippen LogP contribution is -2.23. The van der Waals surface area contributed by atoms with Crippen molar-refractivity contribution in [1.82, 2.24) is 5.32 Å². The molecule has 29 heavy (non-hydrogen) atoms. The van der Waals surface area contributed by atoms with E-state index < -0.39 is 5.97 Å². The van der Waals surface area contributed by atoms with E-state index in [-0.39, 0.29) is 12.5 Å². The van der Waals surface area contributed by atoms with Crippen LogP contribution in [0.25, 0.3) is 0 Å². The Balaban J connectivity index is 1.55. The molecule has 0 aliphatic rings. The third kappa shape index (κ3) is 5.69. The Morgan fingerprint density at radius 2 is 1.66 bits per heavy atom. The summed E-state index contributed by atoms with van der Waals surface area (Å²) >= 11 is 0. The van der Waals surface area contributed by atoms with Crippen molar-refractivity contribution in [3.8, 4) is 11.5 Å². The number of carbonyl (C=O) groups excluding carboxylic acids is 2. The molecule has 0 saturated heterocycles. The quantitative estimate of drug-likeness (QED) is 0.485. The maximum Gasteiger partial charge on any atom is 0.349 e. The number of benzene rings is 3. The topological polar surface area (TPSA) is 64.6 Å². The molecule has 0 aliphatic heterocycles. The third-order valence-electron chi connectivity index (χ3n) is 4.52. The second kappa shape index (κ2) is 9.55. The van der Waals surface area contributed by atoms with Crippen LogP contribution >= 0.6 is 0 Å². The second-order valence-corrected chi connectivity index (χ2v) is 6.66. The first-order chi connectivity index (χ1) is 14.0. The molecule has 0 aliphatic carbocycles. The number of aryl methyl sites for hydroxylation is 1. The van der Waals surface area contributed by atoms with Gasteiger partial charge in [-0.05, 0) is 54.8 Å². The number of rotatable bonds is 7. The monoisotopic (exact) mass is 389 g/mol. The fourth-order valence-corrected chi connectivity index (χ4v) is 2.76. The van der Waals surface area contributed by atoms with E-state index in [9.17, 15) is 9.59 Å². The van der Waals surface area contributed by atoms with Gasteiger partial charge in [-0.2, -0.15) is 0 Å². The number of esters is 1. The van der Waals surface area contributed by atoms with Crippen molar-refractivity contribution in [1.29, 1.82) is 0 Å². The SMILES string of the molecule is Cc1cccc(OCC(=O)Oc2cccc(C(=O)NCc3ccccc3)c2)c1C. The molecule has 1 N–H and O–H groups in total. The summed E-state index contributed by atoms with van der Waals surface area (Å²) in [7, 11) is 0. The summed E-state index contributed by atoms with van der Waals surface area (Å²) < 4.78 is 10.9. The zero-order valence-electron chi connectivity index (χ0n) is 16.5. The molecule has 0 aromatic heterocycles. The van der Waals surface area contributed by atoms with Gasteiger partial charge in [-0.1, -0.05) is 48.5 Å². The highest BCUT2D eigenvalue weighted by molar-refractivity contribution is 5.94.